The molecule has 1 saturated heterocycles. The number of nitrogen functional groups attached to an aromatic ring is 1. The minimum Gasteiger partial charge on any atom is -0.399 e. The van der Waals surface area contributed by atoms with Crippen LogP contribution < -0.4 is 5.73 Å². The zero-order valence-electron chi connectivity index (χ0n) is 8.20. The molecule has 0 aliphatic carbocycles. The maximum Gasteiger partial charge on any atom is 0.192 e. The molecule has 2 rings (SSSR count). The summed E-state index contributed by atoms with van der Waals surface area (Å²) in [5.74, 6) is 0.0411. The Balaban J connectivity index is 2.24. The fourth-order valence-corrected chi connectivity index (χ4v) is 2.28. The lowest BCUT2D eigenvalue weighted by Crippen LogP contribution is -2.19. The van der Waals surface area contributed by atoms with E-state index in [0.29, 0.717) is 17.9 Å². The van der Waals surface area contributed by atoms with Gasteiger partial charge in [-0.25, -0.2) is 0 Å². The first kappa shape index (κ1) is 10.6. The first-order valence-corrected chi connectivity index (χ1v) is 5.68. The van der Waals surface area contributed by atoms with Crippen LogP contribution in [0.2, 0.25) is 0 Å². The molecule has 1 atom stereocenters. The zero-order valence-corrected chi connectivity index (χ0v) is 9.79. The average molecular weight is 270 g/mol. The van der Waals surface area contributed by atoms with Gasteiger partial charge < -0.3 is 10.5 Å². The number of benzene rings is 1. The van der Waals surface area contributed by atoms with Crippen LogP contribution in [-0.2, 0) is 4.74 Å². The van der Waals surface area contributed by atoms with E-state index in [1.54, 1.807) is 18.2 Å². The van der Waals surface area contributed by atoms with Gasteiger partial charge in [0.15, 0.2) is 5.78 Å². The minimum absolute atomic E-state index is 0.0411. The molecule has 1 heterocycles. The van der Waals surface area contributed by atoms with Gasteiger partial charge in [-0.3, -0.25) is 4.79 Å². The molecule has 3 nitrogen and oxygen atoms in total. The van der Waals surface area contributed by atoms with Crippen LogP contribution in [0.5, 0.6) is 0 Å². The maximum atomic E-state index is 12.0. The van der Waals surface area contributed by atoms with E-state index >= 15 is 0 Å². The van der Waals surface area contributed by atoms with E-state index in [2.05, 4.69) is 15.9 Å². The summed E-state index contributed by atoms with van der Waals surface area (Å²) in [6.45, 7) is 0.684. The summed E-state index contributed by atoms with van der Waals surface area (Å²) in [6, 6.07) is 5.21. The molecule has 1 aliphatic heterocycles. The first-order chi connectivity index (χ1) is 7.18. The summed E-state index contributed by atoms with van der Waals surface area (Å²) < 4.78 is 6.09. The highest BCUT2D eigenvalue weighted by Gasteiger charge is 2.25. The van der Waals surface area contributed by atoms with Crippen molar-refractivity contribution in [3.8, 4) is 0 Å². The fraction of sp³-hybridized carbons (Fsp3) is 0.364. The molecule has 1 unspecified atom stereocenters. The lowest BCUT2D eigenvalue weighted by Gasteiger charge is -2.09. The smallest absolute Gasteiger partial charge is 0.192 e. The lowest BCUT2D eigenvalue weighted by atomic mass is 10.0. The number of carbonyl (C=O) groups excluding carboxylic acids is 1. The summed E-state index contributed by atoms with van der Waals surface area (Å²) in [5, 5.41) is 0. The van der Waals surface area contributed by atoms with E-state index in [1.807, 2.05) is 0 Å². The summed E-state index contributed by atoms with van der Waals surface area (Å²) in [4.78, 5) is 12.0. The molecule has 0 spiro atoms. The van der Waals surface area contributed by atoms with Crippen LogP contribution in [0.4, 0.5) is 5.69 Å². The van der Waals surface area contributed by atoms with Crippen molar-refractivity contribution in [3.05, 3.63) is 28.2 Å². The predicted octanol–water partition coefficient (Wildman–Crippen LogP) is 2.39. The minimum atomic E-state index is -0.273. The van der Waals surface area contributed by atoms with Crippen molar-refractivity contribution in [1.82, 2.24) is 0 Å². The van der Waals surface area contributed by atoms with Crippen LogP contribution in [0.25, 0.3) is 0 Å². The van der Waals surface area contributed by atoms with Crippen LogP contribution in [0.15, 0.2) is 22.7 Å². The number of halogens is 1. The van der Waals surface area contributed by atoms with Gasteiger partial charge in [-0.15, -0.1) is 0 Å². The van der Waals surface area contributed by atoms with Crippen molar-refractivity contribution in [2.24, 2.45) is 0 Å². The second-order valence-corrected chi connectivity index (χ2v) is 4.46. The number of ether oxygens (including phenoxy) is 1. The number of ketones is 1. The van der Waals surface area contributed by atoms with Crippen molar-refractivity contribution < 1.29 is 9.53 Å². The Morgan fingerprint density at radius 2 is 2.33 bits per heavy atom. The summed E-state index contributed by atoms with van der Waals surface area (Å²) >= 11 is 3.34. The maximum absolute atomic E-state index is 12.0. The lowest BCUT2D eigenvalue weighted by molar-refractivity contribution is 0.0642. The third-order valence-electron chi connectivity index (χ3n) is 2.48. The predicted molar refractivity (Wildman–Crippen MR) is 61.9 cm³/mol. The topological polar surface area (TPSA) is 52.3 Å². The molecule has 1 fully saturated rings. The fourth-order valence-electron chi connectivity index (χ4n) is 1.69. The molecule has 1 aromatic carbocycles. The quantitative estimate of drug-likeness (QED) is 0.663. The summed E-state index contributed by atoms with van der Waals surface area (Å²) in [6.07, 6.45) is 1.50. The Hall–Kier alpha value is -0.870. The van der Waals surface area contributed by atoms with Crippen LogP contribution in [0.3, 0.4) is 0 Å². The van der Waals surface area contributed by atoms with Gasteiger partial charge >= 0.3 is 0 Å². The third-order valence-corrected chi connectivity index (χ3v) is 3.14. The van der Waals surface area contributed by atoms with E-state index in [4.69, 9.17) is 10.5 Å². The molecule has 15 heavy (non-hydrogen) atoms. The molecule has 0 bridgehead atoms. The largest absolute Gasteiger partial charge is 0.399 e. The van der Waals surface area contributed by atoms with Gasteiger partial charge in [0.1, 0.15) is 6.10 Å². The van der Waals surface area contributed by atoms with E-state index in [-0.39, 0.29) is 11.9 Å². The normalized spacial score (nSPS) is 20.5. The van der Waals surface area contributed by atoms with Crippen molar-refractivity contribution in [2.45, 2.75) is 18.9 Å². The van der Waals surface area contributed by atoms with Gasteiger partial charge in [-0.1, -0.05) is 0 Å². The standard InChI is InChI=1S/C11H12BrNO2/c12-9-6-7(13)3-4-8(9)11(14)10-2-1-5-15-10/h3-4,6,10H,1-2,5,13H2. The monoisotopic (exact) mass is 269 g/mol. The molecule has 2 N–H and O–H groups in total. The van der Waals surface area contributed by atoms with Gasteiger partial charge in [0.25, 0.3) is 0 Å². The SMILES string of the molecule is Nc1ccc(C(=O)C2CCCO2)c(Br)c1. The first-order valence-electron chi connectivity index (χ1n) is 4.89. The molecule has 1 aromatic rings. The van der Waals surface area contributed by atoms with Crippen LogP contribution in [0, 0.1) is 0 Å². The van der Waals surface area contributed by atoms with E-state index in [9.17, 15) is 4.79 Å². The Labute approximate surface area is 96.7 Å². The molecule has 4 heteroatoms. The third kappa shape index (κ3) is 2.21. The summed E-state index contributed by atoms with van der Waals surface area (Å²) in [7, 11) is 0. The number of carbonyl (C=O) groups is 1. The number of hydrogen-bond donors (Lipinski definition) is 1. The second-order valence-electron chi connectivity index (χ2n) is 3.61. The molecular weight excluding hydrogens is 258 g/mol. The van der Waals surface area contributed by atoms with E-state index in [1.165, 1.54) is 0 Å². The molecule has 0 aromatic heterocycles. The van der Waals surface area contributed by atoms with E-state index in [0.717, 1.165) is 17.3 Å². The number of hydrogen-bond acceptors (Lipinski definition) is 3. The van der Waals surface area contributed by atoms with Crippen LogP contribution >= 0.6 is 15.9 Å². The van der Waals surface area contributed by atoms with Gasteiger partial charge in [0, 0.05) is 22.3 Å². The molecule has 80 valence electrons. The van der Waals surface area contributed by atoms with Crippen molar-refractivity contribution in [3.63, 3.8) is 0 Å². The van der Waals surface area contributed by atoms with Crippen LogP contribution in [0.1, 0.15) is 23.2 Å². The van der Waals surface area contributed by atoms with Gasteiger partial charge in [-0.05, 0) is 47.0 Å². The molecule has 0 radical (unpaired) electrons. The van der Waals surface area contributed by atoms with Crippen LogP contribution in [-0.4, -0.2) is 18.5 Å². The Bertz CT molecular complexity index is 386. The Morgan fingerprint density at radius 1 is 1.53 bits per heavy atom. The molecular formula is C11H12BrNO2. The number of anilines is 1. The average Bonchev–Trinajstić information content (AvgIpc) is 2.69. The van der Waals surface area contributed by atoms with E-state index < -0.39 is 0 Å². The molecule has 1 aliphatic rings. The Kier molecular flexibility index (Phi) is 3.07. The second kappa shape index (κ2) is 4.33. The highest BCUT2D eigenvalue weighted by Crippen LogP contribution is 2.24. The number of nitrogens with two attached hydrogens (primary N) is 1. The van der Waals surface area contributed by atoms with Crippen molar-refractivity contribution in [1.29, 1.82) is 0 Å². The van der Waals surface area contributed by atoms with Crippen molar-refractivity contribution in [2.75, 3.05) is 12.3 Å². The highest BCUT2D eigenvalue weighted by molar-refractivity contribution is 9.10. The highest BCUT2D eigenvalue weighted by atomic mass is 79.9. The molecule has 0 saturated carbocycles. The number of rotatable bonds is 2. The van der Waals surface area contributed by atoms with Gasteiger partial charge in [0.2, 0.25) is 0 Å². The van der Waals surface area contributed by atoms with Gasteiger partial charge in [0.05, 0.1) is 0 Å². The summed E-state index contributed by atoms with van der Waals surface area (Å²) in [5.41, 5.74) is 6.90. The zero-order chi connectivity index (χ0) is 10.8. The Morgan fingerprint density at radius 3 is 2.93 bits per heavy atom. The number of Topliss-reactive ketones (excluding diaryl/α,β-unsaturated/α-hetero) is 1. The van der Waals surface area contributed by atoms with Gasteiger partial charge in [-0.2, -0.15) is 0 Å². The molecule has 0 amide bonds. The van der Waals surface area contributed by atoms with Crippen molar-refractivity contribution >= 4 is 27.4 Å².